The Labute approximate surface area is 129 Å². The van der Waals surface area contributed by atoms with Gasteiger partial charge in [0.25, 0.3) is 0 Å². The predicted molar refractivity (Wildman–Crippen MR) is 86.9 cm³/mol. The smallest absolute Gasteiger partial charge is 0.133 e. The van der Waals surface area contributed by atoms with Crippen molar-refractivity contribution in [3.63, 3.8) is 0 Å². The van der Waals surface area contributed by atoms with Crippen LogP contribution in [0.4, 0.5) is 0 Å². The van der Waals surface area contributed by atoms with Crippen LogP contribution in [0.5, 0.6) is 0 Å². The summed E-state index contributed by atoms with van der Waals surface area (Å²) in [7, 11) is 1.96. The highest BCUT2D eigenvalue weighted by Gasteiger charge is 2.13. The number of likely N-dealkylation sites (N-methyl/N-ethyl adjacent to an activating group) is 1. The summed E-state index contributed by atoms with van der Waals surface area (Å²) in [6.07, 6.45) is 2.89. The highest BCUT2D eigenvalue weighted by Crippen LogP contribution is 2.26. The quantitative estimate of drug-likeness (QED) is 0.900. The fourth-order valence-electron chi connectivity index (χ4n) is 2.26. The van der Waals surface area contributed by atoms with E-state index in [0.717, 1.165) is 34.5 Å². The summed E-state index contributed by atoms with van der Waals surface area (Å²) in [6.45, 7) is 5.17. The molecule has 20 heavy (non-hydrogen) atoms. The van der Waals surface area contributed by atoms with Gasteiger partial charge < -0.3 is 5.32 Å². The average molecular weight is 334 g/mol. The number of benzene rings is 1. The van der Waals surface area contributed by atoms with Crippen LogP contribution < -0.4 is 5.32 Å². The van der Waals surface area contributed by atoms with Crippen LogP contribution in [0.25, 0.3) is 11.3 Å². The van der Waals surface area contributed by atoms with E-state index in [4.69, 9.17) is 4.98 Å². The highest BCUT2D eigenvalue weighted by molar-refractivity contribution is 9.10. The largest absolute Gasteiger partial charge is 0.319 e. The molecular weight excluding hydrogens is 314 g/mol. The van der Waals surface area contributed by atoms with Crippen LogP contribution in [0.2, 0.25) is 0 Å². The number of halogens is 1. The van der Waals surface area contributed by atoms with Gasteiger partial charge in [-0.2, -0.15) is 0 Å². The predicted octanol–water partition coefficient (Wildman–Crippen LogP) is 3.93. The number of aromatic nitrogens is 2. The van der Waals surface area contributed by atoms with E-state index < -0.39 is 0 Å². The lowest BCUT2D eigenvalue weighted by Crippen LogP contribution is -2.18. The lowest BCUT2D eigenvalue weighted by atomic mass is 10.0. The number of hydrogen-bond donors (Lipinski definition) is 1. The molecule has 0 radical (unpaired) electrons. The number of rotatable bonds is 5. The molecular formula is C16H20BrN3. The van der Waals surface area contributed by atoms with Crippen molar-refractivity contribution in [1.82, 2.24) is 15.3 Å². The van der Waals surface area contributed by atoms with Crippen molar-refractivity contribution >= 4 is 15.9 Å². The second-order valence-corrected chi connectivity index (χ2v) is 5.84. The van der Waals surface area contributed by atoms with Gasteiger partial charge >= 0.3 is 0 Å². The molecule has 4 heteroatoms. The van der Waals surface area contributed by atoms with E-state index in [1.54, 1.807) is 0 Å². The zero-order chi connectivity index (χ0) is 14.5. The van der Waals surface area contributed by atoms with Crippen LogP contribution in [0.1, 0.15) is 30.7 Å². The zero-order valence-electron chi connectivity index (χ0n) is 12.2. The molecule has 1 aromatic heterocycles. The van der Waals surface area contributed by atoms with Gasteiger partial charge in [-0.15, -0.1) is 0 Å². The lowest BCUT2D eigenvalue weighted by molar-refractivity contribution is 0.580. The molecule has 2 aromatic rings. The molecule has 0 amide bonds. The van der Waals surface area contributed by atoms with Gasteiger partial charge in [0, 0.05) is 28.7 Å². The summed E-state index contributed by atoms with van der Waals surface area (Å²) < 4.78 is 1.07. The van der Waals surface area contributed by atoms with E-state index in [9.17, 15) is 0 Å². The first-order valence-electron chi connectivity index (χ1n) is 6.89. The zero-order valence-corrected chi connectivity index (χ0v) is 13.7. The van der Waals surface area contributed by atoms with E-state index in [1.165, 1.54) is 5.56 Å². The van der Waals surface area contributed by atoms with Crippen LogP contribution in [0.3, 0.4) is 0 Å². The van der Waals surface area contributed by atoms with Gasteiger partial charge in [0.15, 0.2) is 0 Å². The second-order valence-electron chi connectivity index (χ2n) is 4.92. The van der Waals surface area contributed by atoms with Crippen LogP contribution in [0.15, 0.2) is 34.9 Å². The van der Waals surface area contributed by atoms with Crippen molar-refractivity contribution in [2.45, 2.75) is 26.2 Å². The van der Waals surface area contributed by atoms with Crippen LogP contribution in [0, 0.1) is 6.92 Å². The van der Waals surface area contributed by atoms with E-state index in [2.05, 4.69) is 58.3 Å². The summed E-state index contributed by atoms with van der Waals surface area (Å²) in [4.78, 5) is 9.21. The standard InChI is InChI=1S/C16H20BrN3/c1-4-12(10-18-3)16-19-8-7-15(20-16)14-9-13(17)6-5-11(14)2/h5-9,12,18H,4,10H2,1-3H3. The first-order valence-corrected chi connectivity index (χ1v) is 7.69. The van der Waals surface area contributed by atoms with Gasteiger partial charge in [-0.1, -0.05) is 28.9 Å². The van der Waals surface area contributed by atoms with Gasteiger partial charge in [0.05, 0.1) is 5.69 Å². The van der Waals surface area contributed by atoms with E-state index in [-0.39, 0.29) is 0 Å². The first kappa shape index (κ1) is 15.1. The van der Waals surface area contributed by atoms with Crippen molar-refractivity contribution in [3.8, 4) is 11.3 Å². The molecule has 0 fully saturated rings. The normalized spacial score (nSPS) is 12.4. The van der Waals surface area contributed by atoms with Crippen LogP contribution in [-0.2, 0) is 0 Å². The number of nitrogens with zero attached hydrogens (tertiary/aromatic N) is 2. The monoisotopic (exact) mass is 333 g/mol. The molecule has 0 aliphatic rings. The minimum Gasteiger partial charge on any atom is -0.319 e. The Kier molecular flexibility index (Phi) is 5.26. The highest BCUT2D eigenvalue weighted by atomic mass is 79.9. The topological polar surface area (TPSA) is 37.8 Å². The SMILES string of the molecule is CCC(CNC)c1nccc(-c2cc(Br)ccc2C)n1. The third-order valence-corrected chi connectivity index (χ3v) is 3.95. The van der Waals surface area contributed by atoms with Gasteiger partial charge in [-0.3, -0.25) is 0 Å². The molecule has 0 aliphatic carbocycles. The van der Waals surface area contributed by atoms with Gasteiger partial charge in [-0.25, -0.2) is 9.97 Å². The Morgan fingerprint density at radius 3 is 2.80 bits per heavy atom. The molecule has 0 saturated heterocycles. The number of nitrogens with one attached hydrogen (secondary N) is 1. The molecule has 0 spiro atoms. The minimum atomic E-state index is 0.354. The maximum atomic E-state index is 4.76. The number of aryl methyl sites for hydroxylation is 1. The van der Waals surface area contributed by atoms with Crippen LogP contribution in [-0.4, -0.2) is 23.6 Å². The van der Waals surface area contributed by atoms with E-state index in [1.807, 2.05) is 19.3 Å². The molecule has 0 bridgehead atoms. The molecule has 2 rings (SSSR count). The van der Waals surface area contributed by atoms with Gasteiger partial charge in [0.2, 0.25) is 0 Å². The van der Waals surface area contributed by atoms with Gasteiger partial charge in [0.1, 0.15) is 5.82 Å². The van der Waals surface area contributed by atoms with Crippen LogP contribution >= 0.6 is 15.9 Å². The summed E-state index contributed by atoms with van der Waals surface area (Å²) in [6, 6.07) is 8.24. The average Bonchev–Trinajstić information content (AvgIpc) is 2.47. The molecule has 0 aliphatic heterocycles. The van der Waals surface area contributed by atoms with E-state index in [0.29, 0.717) is 5.92 Å². The van der Waals surface area contributed by atoms with Crippen molar-refractivity contribution in [1.29, 1.82) is 0 Å². The fraction of sp³-hybridized carbons (Fsp3) is 0.375. The Morgan fingerprint density at radius 1 is 1.30 bits per heavy atom. The molecule has 106 valence electrons. The van der Waals surface area contributed by atoms with Crippen molar-refractivity contribution in [2.24, 2.45) is 0 Å². The molecule has 1 atom stereocenters. The van der Waals surface area contributed by atoms with E-state index >= 15 is 0 Å². The Bertz CT molecular complexity index is 584. The third kappa shape index (κ3) is 3.44. The van der Waals surface area contributed by atoms with Crippen molar-refractivity contribution < 1.29 is 0 Å². The van der Waals surface area contributed by atoms with Crippen molar-refractivity contribution in [3.05, 3.63) is 46.3 Å². The third-order valence-electron chi connectivity index (χ3n) is 3.46. The summed E-state index contributed by atoms with van der Waals surface area (Å²) in [5, 5.41) is 3.21. The Balaban J connectivity index is 2.41. The lowest BCUT2D eigenvalue weighted by Gasteiger charge is -2.14. The number of hydrogen-bond acceptors (Lipinski definition) is 3. The summed E-state index contributed by atoms with van der Waals surface area (Å²) >= 11 is 3.53. The molecule has 1 heterocycles. The maximum Gasteiger partial charge on any atom is 0.133 e. The molecule has 3 nitrogen and oxygen atoms in total. The van der Waals surface area contributed by atoms with Gasteiger partial charge in [-0.05, 0) is 44.2 Å². The molecule has 1 unspecified atom stereocenters. The van der Waals surface area contributed by atoms with Crippen molar-refractivity contribution in [2.75, 3.05) is 13.6 Å². The maximum absolute atomic E-state index is 4.76. The second kappa shape index (κ2) is 6.95. The fourth-order valence-corrected chi connectivity index (χ4v) is 2.62. The Morgan fingerprint density at radius 2 is 2.10 bits per heavy atom. The summed E-state index contributed by atoms with van der Waals surface area (Å²) in [5.74, 6) is 1.27. The first-order chi connectivity index (χ1) is 9.65. The minimum absolute atomic E-state index is 0.354. The molecule has 0 saturated carbocycles. The summed E-state index contributed by atoms with van der Waals surface area (Å²) in [5.41, 5.74) is 3.37. The Hall–Kier alpha value is -1.26. The molecule has 1 aromatic carbocycles. The molecule has 1 N–H and O–H groups in total.